The molecule has 1 N–H and O–H groups in total. The Morgan fingerprint density at radius 3 is 2.53 bits per heavy atom. The van der Waals surface area contributed by atoms with Crippen molar-refractivity contribution < 1.29 is 38.7 Å². The first-order valence-corrected chi connectivity index (χ1v) is 12.2. The number of rotatable bonds is 13. The lowest BCUT2D eigenvalue weighted by Crippen LogP contribution is -2.43. The van der Waals surface area contributed by atoms with Gasteiger partial charge in [0, 0.05) is 12.8 Å². The van der Waals surface area contributed by atoms with Crippen LogP contribution in [0.25, 0.3) is 5.57 Å². The van der Waals surface area contributed by atoms with Crippen LogP contribution in [0, 0.1) is 0 Å². The van der Waals surface area contributed by atoms with Crippen LogP contribution in [0.5, 0.6) is 5.75 Å². The Hall–Kier alpha value is -2.42. The van der Waals surface area contributed by atoms with Gasteiger partial charge in [-0.1, -0.05) is 38.5 Å². The van der Waals surface area contributed by atoms with Gasteiger partial charge in [-0.2, -0.15) is 0 Å². The molecule has 34 heavy (non-hydrogen) atoms. The molecule has 2 unspecified atom stereocenters. The Balaban J connectivity index is 1.51. The van der Waals surface area contributed by atoms with Gasteiger partial charge in [-0.3, -0.25) is 9.59 Å². The van der Waals surface area contributed by atoms with Crippen LogP contribution in [-0.4, -0.2) is 48.3 Å². The summed E-state index contributed by atoms with van der Waals surface area (Å²) in [6.07, 6.45) is 6.61. The Labute approximate surface area is 201 Å². The number of unbranched alkanes of at least 4 members (excludes halogenated alkanes) is 2. The fraction of sp³-hybridized carbons (Fsp3) is 0.615. The van der Waals surface area contributed by atoms with E-state index in [1.807, 2.05) is 24.3 Å². The van der Waals surface area contributed by atoms with Gasteiger partial charge in [-0.15, -0.1) is 0 Å². The molecular formula is C26H36O8. The zero-order chi connectivity index (χ0) is 24.4. The third kappa shape index (κ3) is 7.82. The number of aliphatic carboxylic acids is 1. The lowest BCUT2D eigenvalue weighted by Gasteiger charge is -2.36. The zero-order valence-corrected chi connectivity index (χ0v) is 20.0. The molecule has 1 saturated heterocycles. The van der Waals surface area contributed by atoms with Crippen LogP contribution < -0.4 is 4.74 Å². The maximum atomic E-state index is 11.8. The van der Waals surface area contributed by atoms with E-state index < -0.39 is 17.7 Å². The molecule has 2 fully saturated rings. The smallest absolute Gasteiger partial charge is 0.306 e. The highest BCUT2D eigenvalue weighted by molar-refractivity contribution is 5.76. The normalized spacial score (nSPS) is 20.1. The fourth-order valence-electron chi connectivity index (χ4n) is 4.12. The number of hydrogen-bond donors (Lipinski definition) is 1. The predicted octanol–water partition coefficient (Wildman–Crippen LogP) is 5.05. The van der Waals surface area contributed by atoms with Crippen LogP contribution in [0.4, 0.5) is 0 Å². The summed E-state index contributed by atoms with van der Waals surface area (Å²) in [4.78, 5) is 33.7. The average Bonchev–Trinajstić information content (AvgIpc) is 3.29. The van der Waals surface area contributed by atoms with Crippen molar-refractivity contribution in [1.82, 2.24) is 0 Å². The van der Waals surface area contributed by atoms with E-state index in [4.69, 9.17) is 29.1 Å². The van der Waals surface area contributed by atoms with E-state index in [0.717, 1.165) is 62.5 Å². The lowest BCUT2D eigenvalue weighted by atomic mass is 10.0. The molecule has 0 aromatic heterocycles. The summed E-state index contributed by atoms with van der Waals surface area (Å²) < 4.78 is 17.3. The van der Waals surface area contributed by atoms with Gasteiger partial charge in [-0.05, 0) is 49.0 Å². The van der Waals surface area contributed by atoms with Gasteiger partial charge in [0.25, 0.3) is 0 Å². The second kappa shape index (κ2) is 12.9. The second-order valence-electron chi connectivity index (χ2n) is 8.96. The molecule has 8 nitrogen and oxygen atoms in total. The van der Waals surface area contributed by atoms with E-state index in [-0.39, 0.29) is 31.7 Å². The molecular weight excluding hydrogens is 440 g/mol. The Morgan fingerprint density at radius 1 is 1.18 bits per heavy atom. The van der Waals surface area contributed by atoms with Gasteiger partial charge in [0.15, 0.2) is 0 Å². The molecule has 1 spiro atoms. The van der Waals surface area contributed by atoms with Crippen LogP contribution >= 0.6 is 0 Å². The van der Waals surface area contributed by atoms with E-state index in [9.17, 15) is 9.59 Å². The molecule has 0 amide bonds. The van der Waals surface area contributed by atoms with Crippen LogP contribution in [0.1, 0.15) is 76.7 Å². The van der Waals surface area contributed by atoms with Gasteiger partial charge in [0.1, 0.15) is 24.6 Å². The minimum absolute atomic E-state index is 0.0863. The highest BCUT2D eigenvalue weighted by Crippen LogP contribution is 2.39. The van der Waals surface area contributed by atoms with E-state index in [1.165, 1.54) is 0 Å². The third-order valence-electron chi connectivity index (χ3n) is 6.20. The van der Waals surface area contributed by atoms with Gasteiger partial charge >= 0.3 is 11.9 Å². The second-order valence-corrected chi connectivity index (χ2v) is 8.96. The molecule has 1 aliphatic heterocycles. The van der Waals surface area contributed by atoms with Crippen molar-refractivity contribution >= 4 is 17.5 Å². The topological polar surface area (TPSA) is 101 Å². The van der Waals surface area contributed by atoms with Crippen molar-refractivity contribution in [3.8, 4) is 5.75 Å². The maximum absolute atomic E-state index is 11.8. The predicted molar refractivity (Wildman–Crippen MR) is 125 cm³/mol. The highest BCUT2D eigenvalue weighted by atomic mass is 17.2. The first-order valence-electron chi connectivity index (χ1n) is 12.2. The van der Waals surface area contributed by atoms with Crippen molar-refractivity contribution in [1.29, 1.82) is 0 Å². The molecule has 3 rings (SSSR count). The number of benzene rings is 1. The quantitative estimate of drug-likeness (QED) is 0.240. The van der Waals surface area contributed by atoms with E-state index in [0.29, 0.717) is 12.4 Å². The minimum Gasteiger partial charge on any atom is -0.487 e. The Bertz CT molecular complexity index is 803. The summed E-state index contributed by atoms with van der Waals surface area (Å²) >= 11 is 0. The molecule has 1 heterocycles. The fourth-order valence-corrected chi connectivity index (χ4v) is 4.12. The Kier molecular flexibility index (Phi) is 9.92. The third-order valence-corrected chi connectivity index (χ3v) is 6.20. The lowest BCUT2D eigenvalue weighted by molar-refractivity contribution is -0.475. The Morgan fingerprint density at radius 2 is 1.91 bits per heavy atom. The molecule has 188 valence electrons. The molecule has 2 atom stereocenters. The van der Waals surface area contributed by atoms with Crippen molar-refractivity contribution in [3.05, 3.63) is 36.4 Å². The molecule has 0 radical (unpaired) electrons. The number of hydrogen-bond acceptors (Lipinski definition) is 7. The van der Waals surface area contributed by atoms with Crippen molar-refractivity contribution in [2.75, 3.05) is 13.2 Å². The van der Waals surface area contributed by atoms with Crippen molar-refractivity contribution in [2.24, 2.45) is 0 Å². The standard InChI is InChI=1S/C26H36O8/c1-3-4-5-8-22(17-30-25(29)14-13-24(27)28)32-21-11-9-20(10-12-21)19(2)23-18-31-26(34-33-23)15-6-7-16-26/h9-12,22-23H,2-8,13-18H2,1H3,(H,27,28). The van der Waals surface area contributed by atoms with Gasteiger partial charge in [0.05, 0.1) is 19.4 Å². The first-order chi connectivity index (χ1) is 16.4. The monoisotopic (exact) mass is 476 g/mol. The molecule has 1 aromatic carbocycles. The summed E-state index contributed by atoms with van der Waals surface area (Å²) in [6, 6.07) is 7.51. The minimum atomic E-state index is -1.02. The number of esters is 1. The molecule has 1 aliphatic carbocycles. The number of carboxylic acids is 1. The maximum Gasteiger partial charge on any atom is 0.306 e. The summed E-state index contributed by atoms with van der Waals surface area (Å²) in [5, 5.41) is 8.71. The molecule has 1 aromatic rings. The van der Waals surface area contributed by atoms with E-state index in [2.05, 4.69) is 13.5 Å². The summed E-state index contributed by atoms with van der Waals surface area (Å²) in [5.74, 6) is -1.49. The molecule has 1 saturated carbocycles. The van der Waals surface area contributed by atoms with Crippen LogP contribution in [0.15, 0.2) is 30.8 Å². The summed E-state index contributed by atoms with van der Waals surface area (Å²) in [6.45, 7) is 6.77. The SMILES string of the molecule is C=C(c1ccc(OC(CCCCC)COC(=O)CCC(=O)O)cc1)C1COC2(CCCC2)OO1. The van der Waals surface area contributed by atoms with Crippen molar-refractivity contribution in [3.63, 3.8) is 0 Å². The summed E-state index contributed by atoms with van der Waals surface area (Å²) in [5.41, 5.74) is 1.67. The number of carbonyl (C=O) groups is 2. The van der Waals surface area contributed by atoms with Crippen molar-refractivity contribution in [2.45, 2.75) is 89.1 Å². The highest BCUT2D eigenvalue weighted by Gasteiger charge is 2.42. The molecule has 0 bridgehead atoms. The van der Waals surface area contributed by atoms with Gasteiger partial charge in [0.2, 0.25) is 5.79 Å². The number of carboxylic acid groups (broad SMARTS) is 1. The molecule has 8 heteroatoms. The van der Waals surface area contributed by atoms with Crippen LogP contribution in [0.2, 0.25) is 0 Å². The zero-order valence-electron chi connectivity index (χ0n) is 20.0. The van der Waals surface area contributed by atoms with E-state index >= 15 is 0 Å². The van der Waals surface area contributed by atoms with Crippen LogP contribution in [-0.2, 0) is 28.8 Å². The van der Waals surface area contributed by atoms with Crippen LogP contribution in [0.3, 0.4) is 0 Å². The average molecular weight is 477 g/mol. The first kappa shape index (κ1) is 26.2. The molecule has 2 aliphatic rings. The number of carbonyl (C=O) groups excluding carboxylic acids is 1. The van der Waals surface area contributed by atoms with Gasteiger partial charge in [-0.25, -0.2) is 9.78 Å². The van der Waals surface area contributed by atoms with E-state index in [1.54, 1.807) is 0 Å². The summed E-state index contributed by atoms with van der Waals surface area (Å²) in [7, 11) is 0. The number of ether oxygens (including phenoxy) is 3. The van der Waals surface area contributed by atoms with Gasteiger partial charge < -0.3 is 19.3 Å². The largest absolute Gasteiger partial charge is 0.487 e.